The molecule has 1 unspecified atom stereocenters. The molecule has 2 rings (SSSR count). The molecule has 1 heterocycles. The molecule has 2 nitrogen and oxygen atoms in total. The van der Waals surface area contributed by atoms with E-state index in [1.807, 2.05) is 24.3 Å². The van der Waals surface area contributed by atoms with Gasteiger partial charge in [0.15, 0.2) is 0 Å². The van der Waals surface area contributed by atoms with Gasteiger partial charge >= 0.3 is 0 Å². The van der Waals surface area contributed by atoms with Crippen molar-refractivity contribution in [3.8, 4) is 5.75 Å². The summed E-state index contributed by atoms with van der Waals surface area (Å²) in [6, 6.07) is 7.93. The Labute approximate surface area is 65.3 Å². The Bertz CT molecular complexity index is 258. The van der Waals surface area contributed by atoms with Crippen LogP contribution in [0.1, 0.15) is 5.56 Å². The first-order chi connectivity index (χ1) is 5.40. The van der Waals surface area contributed by atoms with Gasteiger partial charge in [-0.05, 0) is 11.6 Å². The minimum Gasteiger partial charge on any atom is -0.484 e. The van der Waals surface area contributed by atoms with Gasteiger partial charge in [0.05, 0.1) is 0 Å². The lowest BCUT2D eigenvalue weighted by molar-refractivity contribution is 0.305. The molecule has 0 fully saturated rings. The number of para-hydroxylation sites is 1. The fourth-order valence-corrected chi connectivity index (χ4v) is 1.30. The minimum absolute atomic E-state index is 0.0348. The van der Waals surface area contributed by atoms with E-state index in [1.165, 1.54) is 11.8 Å². The molecule has 1 aliphatic heterocycles. The first kappa shape index (κ1) is 6.40. The molecule has 0 aliphatic carbocycles. The Morgan fingerprint density at radius 2 is 2.27 bits per heavy atom. The monoisotopic (exact) mass is 147 g/mol. The fourth-order valence-electron chi connectivity index (χ4n) is 1.30. The largest absolute Gasteiger partial charge is 0.484 e. The Morgan fingerprint density at radius 3 is 3.00 bits per heavy atom. The molecule has 0 saturated carbocycles. The van der Waals surface area contributed by atoms with Crippen LogP contribution in [-0.2, 0) is 6.42 Å². The average Bonchev–Trinajstić information content (AvgIpc) is 2.46. The summed E-state index contributed by atoms with van der Waals surface area (Å²) in [7, 11) is 0. The van der Waals surface area contributed by atoms with E-state index in [2.05, 4.69) is 0 Å². The Balaban J connectivity index is 2.33. The van der Waals surface area contributed by atoms with E-state index in [9.17, 15) is 0 Å². The molecule has 1 aromatic carbocycles. The third-order valence-electron chi connectivity index (χ3n) is 1.86. The fraction of sp³-hybridized carbons (Fsp3) is 0.222. The molecule has 2 heteroatoms. The van der Waals surface area contributed by atoms with E-state index >= 15 is 0 Å². The molecule has 0 aromatic heterocycles. The summed E-state index contributed by atoms with van der Waals surface area (Å²) in [4.78, 5) is 0. The zero-order valence-electron chi connectivity index (χ0n) is 6.08. The smallest absolute Gasteiger partial charge is 0.137 e. The first-order valence-electron chi connectivity index (χ1n) is 3.65. The maximum atomic E-state index is 7.03. The molecule has 1 aliphatic rings. The van der Waals surface area contributed by atoms with Crippen LogP contribution in [0.3, 0.4) is 0 Å². The lowest BCUT2D eigenvalue weighted by Crippen LogP contribution is -2.12. The molecule has 0 spiro atoms. The van der Waals surface area contributed by atoms with Crippen molar-refractivity contribution in [1.29, 1.82) is 5.41 Å². The summed E-state index contributed by atoms with van der Waals surface area (Å²) in [5.41, 5.74) is 1.21. The number of rotatable bonds is 1. The Kier molecular flexibility index (Phi) is 1.39. The van der Waals surface area contributed by atoms with E-state index in [0.29, 0.717) is 0 Å². The van der Waals surface area contributed by atoms with Crippen LogP contribution in [0.5, 0.6) is 5.75 Å². The second kappa shape index (κ2) is 2.38. The van der Waals surface area contributed by atoms with Gasteiger partial charge in [-0.3, -0.25) is 0 Å². The van der Waals surface area contributed by atoms with E-state index in [0.717, 1.165) is 12.2 Å². The van der Waals surface area contributed by atoms with Crippen LogP contribution in [0.15, 0.2) is 24.3 Å². The van der Waals surface area contributed by atoms with Crippen molar-refractivity contribution in [3.63, 3.8) is 0 Å². The molecule has 1 atom stereocenters. The highest BCUT2D eigenvalue weighted by Crippen LogP contribution is 2.26. The van der Waals surface area contributed by atoms with Gasteiger partial charge in [-0.25, -0.2) is 0 Å². The number of ether oxygens (including phenoxy) is 1. The lowest BCUT2D eigenvalue weighted by Gasteiger charge is -2.01. The summed E-state index contributed by atoms with van der Waals surface area (Å²) in [5, 5.41) is 7.03. The number of benzene rings is 1. The molecule has 0 bridgehead atoms. The molecule has 11 heavy (non-hydrogen) atoms. The molecule has 0 saturated heterocycles. The number of hydrogen-bond acceptors (Lipinski definition) is 2. The second-order valence-electron chi connectivity index (χ2n) is 2.63. The van der Waals surface area contributed by atoms with Crippen molar-refractivity contribution < 1.29 is 4.74 Å². The molecule has 0 amide bonds. The molecule has 1 N–H and O–H groups in total. The predicted molar refractivity (Wildman–Crippen MR) is 43.3 cm³/mol. The van der Waals surface area contributed by atoms with E-state index in [-0.39, 0.29) is 6.10 Å². The summed E-state index contributed by atoms with van der Waals surface area (Å²) < 4.78 is 5.41. The SMILES string of the molecule is N=CC1Cc2ccccc2O1. The average molecular weight is 147 g/mol. The van der Waals surface area contributed by atoms with Gasteiger partial charge in [0, 0.05) is 12.6 Å². The molecule has 56 valence electrons. The van der Waals surface area contributed by atoms with Crippen molar-refractivity contribution >= 4 is 6.21 Å². The van der Waals surface area contributed by atoms with Crippen molar-refractivity contribution in [2.75, 3.05) is 0 Å². The quantitative estimate of drug-likeness (QED) is 0.602. The zero-order valence-corrected chi connectivity index (χ0v) is 6.08. The number of hydrogen-bond donors (Lipinski definition) is 1. The molecular formula is C9H9NO. The van der Waals surface area contributed by atoms with Crippen LogP contribution in [0.25, 0.3) is 0 Å². The Morgan fingerprint density at radius 1 is 1.45 bits per heavy atom. The van der Waals surface area contributed by atoms with Crippen molar-refractivity contribution in [1.82, 2.24) is 0 Å². The highest BCUT2D eigenvalue weighted by molar-refractivity contribution is 5.63. The summed E-state index contributed by atoms with van der Waals surface area (Å²) >= 11 is 0. The topological polar surface area (TPSA) is 33.1 Å². The number of fused-ring (bicyclic) bond motifs is 1. The van der Waals surface area contributed by atoms with Gasteiger partial charge in [-0.1, -0.05) is 18.2 Å². The molecule has 1 aromatic rings. The maximum absolute atomic E-state index is 7.03. The Hall–Kier alpha value is -1.31. The standard InChI is InChI=1S/C9H9NO/c10-6-8-5-7-3-1-2-4-9(7)11-8/h1-4,6,8,10H,5H2. The van der Waals surface area contributed by atoms with Crippen LogP contribution in [0.2, 0.25) is 0 Å². The van der Waals surface area contributed by atoms with Crippen LogP contribution in [0, 0.1) is 5.41 Å². The van der Waals surface area contributed by atoms with Gasteiger partial charge in [0.25, 0.3) is 0 Å². The van der Waals surface area contributed by atoms with Crippen molar-refractivity contribution in [3.05, 3.63) is 29.8 Å². The van der Waals surface area contributed by atoms with Crippen LogP contribution in [-0.4, -0.2) is 12.3 Å². The van der Waals surface area contributed by atoms with Gasteiger partial charge in [-0.2, -0.15) is 0 Å². The van der Waals surface area contributed by atoms with Crippen LogP contribution in [0.4, 0.5) is 0 Å². The van der Waals surface area contributed by atoms with Gasteiger partial charge in [0.2, 0.25) is 0 Å². The van der Waals surface area contributed by atoms with Gasteiger partial charge in [0.1, 0.15) is 11.9 Å². The first-order valence-corrected chi connectivity index (χ1v) is 3.65. The highest BCUT2D eigenvalue weighted by atomic mass is 16.5. The highest BCUT2D eigenvalue weighted by Gasteiger charge is 2.19. The predicted octanol–water partition coefficient (Wildman–Crippen LogP) is 1.64. The third kappa shape index (κ3) is 1.00. The third-order valence-corrected chi connectivity index (χ3v) is 1.86. The van der Waals surface area contributed by atoms with E-state index in [4.69, 9.17) is 10.1 Å². The van der Waals surface area contributed by atoms with Crippen LogP contribution >= 0.6 is 0 Å². The van der Waals surface area contributed by atoms with Crippen molar-refractivity contribution in [2.45, 2.75) is 12.5 Å². The lowest BCUT2D eigenvalue weighted by atomic mass is 10.1. The zero-order chi connectivity index (χ0) is 7.68. The summed E-state index contributed by atoms with van der Waals surface area (Å²) in [6.45, 7) is 0. The van der Waals surface area contributed by atoms with E-state index in [1.54, 1.807) is 0 Å². The second-order valence-corrected chi connectivity index (χ2v) is 2.63. The summed E-state index contributed by atoms with van der Waals surface area (Å²) in [5.74, 6) is 0.931. The summed E-state index contributed by atoms with van der Waals surface area (Å²) in [6.07, 6.45) is 2.16. The van der Waals surface area contributed by atoms with Crippen LogP contribution < -0.4 is 4.74 Å². The minimum atomic E-state index is -0.0348. The van der Waals surface area contributed by atoms with E-state index < -0.39 is 0 Å². The molecule has 0 radical (unpaired) electrons. The number of nitrogens with one attached hydrogen (secondary N) is 1. The maximum Gasteiger partial charge on any atom is 0.137 e. The van der Waals surface area contributed by atoms with Gasteiger partial charge in [-0.15, -0.1) is 0 Å². The molecular weight excluding hydrogens is 138 g/mol. The van der Waals surface area contributed by atoms with Gasteiger partial charge < -0.3 is 10.1 Å². The van der Waals surface area contributed by atoms with Crippen molar-refractivity contribution in [2.24, 2.45) is 0 Å². The normalized spacial score (nSPS) is 20.5.